The maximum Gasteiger partial charge on any atom is 0.0468 e. The van der Waals surface area contributed by atoms with Gasteiger partial charge in [0.1, 0.15) is 0 Å². The van der Waals surface area contributed by atoms with E-state index in [1.54, 1.807) is 0 Å². The minimum atomic E-state index is 1.03. The van der Waals surface area contributed by atoms with E-state index in [2.05, 4.69) is 206 Å². The smallest absolute Gasteiger partial charge is 0.0468 e. The summed E-state index contributed by atoms with van der Waals surface area (Å²) in [6.07, 6.45) is 8.31. The van der Waals surface area contributed by atoms with Gasteiger partial charge < -0.3 is 4.90 Å². The number of allylic oxidation sites excluding steroid dienone is 2. The van der Waals surface area contributed by atoms with Gasteiger partial charge in [0.2, 0.25) is 0 Å². The first-order valence-corrected chi connectivity index (χ1v) is 18.1. The van der Waals surface area contributed by atoms with Crippen LogP contribution in [0.2, 0.25) is 0 Å². The second-order valence-corrected chi connectivity index (χ2v) is 13.6. The van der Waals surface area contributed by atoms with Gasteiger partial charge in [-0.3, -0.25) is 0 Å². The third-order valence-electron chi connectivity index (χ3n) is 10.4. The number of anilines is 3. The van der Waals surface area contributed by atoms with Crippen LogP contribution in [0.25, 0.3) is 57.0 Å². The number of fused-ring (bicyclic) bond motifs is 4. The summed E-state index contributed by atoms with van der Waals surface area (Å²) in [4.78, 5) is 2.36. The predicted molar refractivity (Wildman–Crippen MR) is 227 cm³/mol. The first-order valence-electron chi connectivity index (χ1n) is 18.1. The molecule has 9 rings (SSSR count). The summed E-state index contributed by atoms with van der Waals surface area (Å²) in [7, 11) is 0. The lowest BCUT2D eigenvalue weighted by Gasteiger charge is -2.26. The highest BCUT2D eigenvalue weighted by Crippen LogP contribution is 2.39. The number of hydrogen-bond donors (Lipinski definition) is 0. The van der Waals surface area contributed by atoms with Gasteiger partial charge in [-0.15, -0.1) is 5.73 Å². The van der Waals surface area contributed by atoms with Crippen molar-refractivity contribution >= 4 is 62.9 Å². The van der Waals surface area contributed by atoms with Crippen LogP contribution in [0.15, 0.2) is 188 Å². The van der Waals surface area contributed by atoms with E-state index in [-0.39, 0.29) is 0 Å². The fraction of sp³-hybridized carbons (Fsp3) is 0.0192. The number of rotatable bonds is 5. The molecule has 0 bridgehead atoms. The SMILES string of the molecule is C=c1cccc/c1=c1\cccc\c1=C(\C)c1ccc(N(c2ccc(-c3cc4c(c5ccccc35)C=CC=C=C4)cc2)c2ccc3ccccc3c2)cc1. The molecule has 53 heavy (non-hydrogen) atoms. The molecule has 0 saturated heterocycles. The number of nitrogens with zero attached hydrogens (tertiary/aromatic N) is 1. The topological polar surface area (TPSA) is 3.24 Å². The van der Waals surface area contributed by atoms with Crippen molar-refractivity contribution < 1.29 is 0 Å². The van der Waals surface area contributed by atoms with Crippen molar-refractivity contribution in [3.05, 3.63) is 225 Å². The van der Waals surface area contributed by atoms with Crippen molar-refractivity contribution in [1.29, 1.82) is 0 Å². The van der Waals surface area contributed by atoms with Crippen LogP contribution >= 0.6 is 0 Å². The predicted octanol–water partition coefficient (Wildman–Crippen LogP) is 12.2. The Morgan fingerprint density at radius 3 is 2.00 bits per heavy atom. The van der Waals surface area contributed by atoms with E-state index in [1.165, 1.54) is 65.4 Å². The Kier molecular flexibility index (Phi) is 8.25. The fourth-order valence-electron chi connectivity index (χ4n) is 7.70. The Labute approximate surface area is 310 Å². The quantitative estimate of drug-likeness (QED) is 0.164. The van der Waals surface area contributed by atoms with Crippen LogP contribution in [0.5, 0.6) is 0 Å². The molecule has 8 aromatic carbocycles. The van der Waals surface area contributed by atoms with Gasteiger partial charge in [0.25, 0.3) is 0 Å². The van der Waals surface area contributed by atoms with E-state index in [0.717, 1.165) is 27.5 Å². The average molecular weight is 676 g/mol. The van der Waals surface area contributed by atoms with Crippen LogP contribution in [-0.2, 0) is 0 Å². The van der Waals surface area contributed by atoms with Gasteiger partial charge in [0.05, 0.1) is 0 Å². The van der Waals surface area contributed by atoms with Crippen LogP contribution in [0, 0.1) is 10.4 Å². The van der Waals surface area contributed by atoms with E-state index in [1.807, 2.05) is 12.1 Å². The standard InChI is InChI=1S/C52H37N/c1-36-14-6-9-18-46(36)49-21-11-10-19-47(49)37(2)38-24-29-43(30-25-38)53(45-33-26-39-15-7-8-16-41(39)34-45)44-31-27-40(28-32-44)52-35-42-17-4-3-5-20-48(42)50-22-12-13-23-51(50)52/h3,5-35H,1H2,2H3/b47-37+,49-46-. The van der Waals surface area contributed by atoms with Crippen LogP contribution in [0.3, 0.4) is 0 Å². The molecule has 0 aliphatic heterocycles. The van der Waals surface area contributed by atoms with E-state index >= 15 is 0 Å². The second-order valence-electron chi connectivity index (χ2n) is 13.6. The van der Waals surface area contributed by atoms with Crippen LogP contribution in [0.1, 0.15) is 23.6 Å². The maximum absolute atomic E-state index is 4.31. The van der Waals surface area contributed by atoms with Crippen molar-refractivity contribution in [2.45, 2.75) is 6.92 Å². The maximum atomic E-state index is 4.31. The van der Waals surface area contributed by atoms with Gasteiger partial charge in [-0.1, -0.05) is 146 Å². The van der Waals surface area contributed by atoms with Gasteiger partial charge in [0.15, 0.2) is 0 Å². The number of hydrogen-bond acceptors (Lipinski definition) is 1. The molecule has 0 saturated carbocycles. The first kappa shape index (κ1) is 32.0. The monoisotopic (exact) mass is 675 g/mol. The molecule has 1 heteroatoms. The minimum Gasteiger partial charge on any atom is -0.310 e. The summed E-state index contributed by atoms with van der Waals surface area (Å²) >= 11 is 0. The van der Waals surface area contributed by atoms with E-state index in [0.29, 0.717) is 0 Å². The highest BCUT2D eigenvalue weighted by molar-refractivity contribution is 6.04. The summed E-state index contributed by atoms with van der Waals surface area (Å²) in [6, 6.07) is 61.3. The Balaban J connectivity index is 1.17. The molecule has 0 N–H and O–H groups in total. The summed E-state index contributed by atoms with van der Waals surface area (Å²) in [5.41, 5.74) is 13.8. The lowest BCUT2D eigenvalue weighted by molar-refractivity contribution is 1.28. The summed E-state index contributed by atoms with van der Waals surface area (Å²) in [6.45, 7) is 6.53. The highest BCUT2D eigenvalue weighted by atomic mass is 15.1. The molecule has 0 fully saturated rings. The van der Waals surface area contributed by atoms with Gasteiger partial charge in [-0.05, 0) is 137 Å². The molecule has 1 aliphatic rings. The molecule has 0 aromatic heterocycles. The van der Waals surface area contributed by atoms with Gasteiger partial charge in [0, 0.05) is 17.1 Å². The number of benzene rings is 8. The normalized spacial score (nSPS) is 13.2. The lowest BCUT2D eigenvalue weighted by atomic mass is 9.91. The van der Waals surface area contributed by atoms with E-state index in [4.69, 9.17) is 0 Å². The van der Waals surface area contributed by atoms with Crippen molar-refractivity contribution in [3.8, 4) is 11.1 Å². The van der Waals surface area contributed by atoms with Crippen LogP contribution in [-0.4, -0.2) is 0 Å². The molecule has 0 radical (unpaired) electrons. The van der Waals surface area contributed by atoms with Crippen molar-refractivity contribution in [2.75, 3.05) is 4.90 Å². The minimum absolute atomic E-state index is 1.03. The van der Waals surface area contributed by atoms with Crippen LogP contribution in [0.4, 0.5) is 17.1 Å². The third kappa shape index (κ3) is 6.00. The van der Waals surface area contributed by atoms with Crippen molar-refractivity contribution in [2.24, 2.45) is 0 Å². The third-order valence-corrected chi connectivity index (χ3v) is 10.4. The van der Waals surface area contributed by atoms with E-state index < -0.39 is 0 Å². The Hall–Kier alpha value is -6.92. The zero-order chi connectivity index (χ0) is 35.7. The summed E-state index contributed by atoms with van der Waals surface area (Å²) < 4.78 is 0. The van der Waals surface area contributed by atoms with Gasteiger partial charge in [-0.25, -0.2) is 0 Å². The lowest BCUT2D eigenvalue weighted by Crippen LogP contribution is -2.12. The Bertz CT molecular complexity index is 3000. The van der Waals surface area contributed by atoms with E-state index in [9.17, 15) is 0 Å². The van der Waals surface area contributed by atoms with Gasteiger partial charge >= 0.3 is 0 Å². The molecular formula is C52H37N. The van der Waals surface area contributed by atoms with Crippen LogP contribution < -0.4 is 15.3 Å². The molecule has 0 atom stereocenters. The van der Waals surface area contributed by atoms with Crippen molar-refractivity contribution in [1.82, 2.24) is 0 Å². The molecule has 0 amide bonds. The molecule has 0 unspecified atom stereocenters. The zero-order valence-electron chi connectivity index (χ0n) is 29.6. The Morgan fingerprint density at radius 2 is 1.21 bits per heavy atom. The molecule has 1 nitrogen and oxygen atoms in total. The Morgan fingerprint density at radius 1 is 0.566 bits per heavy atom. The molecule has 0 heterocycles. The first-order chi connectivity index (χ1) is 26.1. The largest absolute Gasteiger partial charge is 0.310 e. The fourth-order valence-corrected chi connectivity index (χ4v) is 7.70. The molecular weight excluding hydrogens is 639 g/mol. The van der Waals surface area contributed by atoms with Crippen molar-refractivity contribution in [3.63, 3.8) is 0 Å². The second kappa shape index (κ2) is 13.7. The highest BCUT2D eigenvalue weighted by Gasteiger charge is 2.16. The summed E-state index contributed by atoms with van der Waals surface area (Å²) in [5, 5.41) is 9.53. The zero-order valence-corrected chi connectivity index (χ0v) is 29.6. The molecule has 1 aliphatic carbocycles. The molecule has 8 aromatic rings. The molecule has 0 spiro atoms. The summed E-state index contributed by atoms with van der Waals surface area (Å²) in [5.74, 6) is 0. The molecule has 250 valence electrons. The average Bonchev–Trinajstić information content (AvgIpc) is 3.47. The van der Waals surface area contributed by atoms with Gasteiger partial charge in [-0.2, -0.15) is 0 Å².